The van der Waals surface area contributed by atoms with Gasteiger partial charge in [0.2, 0.25) is 5.91 Å². The molecule has 2 atom stereocenters. The van der Waals surface area contributed by atoms with Crippen molar-refractivity contribution >= 4 is 11.6 Å². The number of rotatable bonds is 4. The molecule has 1 heterocycles. The highest BCUT2D eigenvalue weighted by atomic mass is 16.3. The zero-order chi connectivity index (χ0) is 15.4. The lowest BCUT2D eigenvalue weighted by molar-refractivity contribution is -0.124. The summed E-state index contributed by atoms with van der Waals surface area (Å²) >= 11 is 0. The Hall–Kier alpha value is -1.75. The number of carbonyl (C=O) groups excluding carboxylic acids is 1. The van der Waals surface area contributed by atoms with Crippen molar-refractivity contribution < 1.29 is 9.90 Å². The molecule has 0 radical (unpaired) electrons. The van der Waals surface area contributed by atoms with Crippen LogP contribution in [0.15, 0.2) is 18.2 Å². The van der Waals surface area contributed by atoms with Gasteiger partial charge < -0.3 is 20.6 Å². The van der Waals surface area contributed by atoms with E-state index < -0.39 is 0 Å². The zero-order valence-electron chi connectivity index (χ0n) is 13.0. The van der Waals surface area contributed by atoms with E-state index in [0.717, 1.165) is 30.6 Å². The van der Waals surface area contributed by atoms with E-state index in [2.05, 4.69) is 15.5 Å². The molecule has 1 saturated heterocycles. The van der Waals surface area contributed by atoms with Gasteiger partial charge in [0.1, 0.15) is 5.75 Å². The third-order valence-corrected chi connectivity index (χ3v) is 4.32. The molecule has 21 heavy (non-hydrogen) atoms. The highest BCUT2D eigenvalue weighted by molar-refractivity contribution is 5.79. The van der Waals surface area contributed by atoms with Crippen LogP contribution in [-0.4, -0.2) is 38.2 Å². The summed E-state index contributed by atoms with van der Waals surface area (Å²) in [4.78, 5) is 14.0. The Labute approximate surface area is 126 Å². The molecular weight excluding hydrogens is 266 g/mol. The molecule has 116 valence electrons. The monoisotopic (exact) mass is 291 g/mol. The minimum absolute atomic E-state index is 0.0294. The second-order valence-electron chi connectivity index (χ2n) is 5.65. The predicted molar refractivity (Wildman–Crippen MR) is 84.6 cm³/mol. The molecule has 1 aromatic rings. The summed E-state index contributed by atoms with van der Waals surface area (Å²) < 4.78 is 0. The van der Waals surface area contributed by atoms with E-state index in [0.29, 0.717) is 12.3 Å². The van der Waals surface area contributed by atoms with Crippen LogP contribution in [-0.2, 0) is 4.79 Å². The lowest BCUT2D eigenvalue weighted by Crippen LogP contribution is -2.42. The summed E-state index contributed by atoms with van der Waals surface area (Å²) in [5.41, 5.74) is 1.87. The number of carbonyl (C=O) groups is 1. The Bertz CT molecular complexity index is 504. The van der Waals surface area contributed by atoms with E-state index in [1.807, 2.05) is 26.1 Å². The van der Waals surface area contributed by atoms with Crippen LogP contribution >= 0.6 is 0 Å². The van der Waals surface area contributed by atoms with Crippen molar-refractivity contribution in [3.8, 4) is 5.75 Å². The summed E-state index contributed by atoms with van der Waals surface area (Å²) in [7, 11) is 3.55. The Morgan fingerprint density at radius 3 is 2.81 bits per heavy atom. The summed E-state index contributed by atoms with van der Waals surface area (Å²) in [5, 5.41) is 16.0. The molecule has 1 aliphatic heterocycles. The molecule has 0 spiro atoms. The molecule has 2 rings (SSSR count). The fraction of sp³-hybridized carbons (Fsp3) is 0.562. The van der Waals surface area contributed by atoms with Gasteiger partial charge in [-0.2, -0.15) is 0 Å². The van der Waals surface area contributed by atoms with Crippen molar-refractivity contribution in [1.29, 1.82) is 0 Å². The van der Waals surface area contributed by atoms with Gasteiger partial charge in [-0.05, 0) is 32.9 Å². The maximum absolute atomic E-state index is 11.8. The van der Waals surface area contributed by atoms with Crippen molar-refractivity contribution in [3.05, 3.63) is 23.8 Å². The molecule has 0 aliphatic carbocycles. The highest BCUT2D eigenvalue weighted by Crippen LogP contribution is 2.31. The molecule has 1 aliphatic rings. The number of phenolic OH excluding ortho intramolecular Hbond substituents is 1. The van der Waals surface area contributed by atoms with Gasteiger partial charge >= 0.3 is 0 Å². The Kier molecular flexibility index (Phi) is 5.07. The third-order valence-electron chi connectivity index (χ3n) is 4.32. The first-order valence-corrected chi connectivity index (χ1v) is 7.53. The van der Waals surface area contributed by atoms with Crippen LogP contribution in [0.3, 0.4) is 0 Å². The average molecular weight is 291 g/mol. The SMILES string of the molecule is CNC(=O)C1CCCN(c2ccc(C(C)NC)c(O)c2)C1. The molecule has 1 aromatic carbocycles. The lowest BCUT2D eigenvalue weighted by Gasteiger charge is -2.33. The van der Waals surface area contributed by atoms with Gasteiger partial charge in [0.15, 0.2) is 0 Å². The van der Waals surface area contributed by atoms with Gasteiger partial charge in [0.05, 0.1) is 5.92 Å². The van der Waals surface area contributed by atoms with Gasteiger partial charge in [-0.25, -0.2) is 0 Å². The van der Waals surface area contributed by atoms with E-state index in [4.69, 9.17) is 0 Å². The number of anilines is 1. The first-order chi connectivity index (χ1) is 10.1. The number of phenols is 1. The van der Waals surface area contributed by atoms with Crippen molar-refractivity contribution in [2.45, 2.75) is 25.8 Å². The largest absolute Gasteiger partial charge is 0.508 e. The van der Waals surface area contributed by atoms with Crippen LogP contribution in [0.1, 0.15) is 31.4 Å². The average Bonchev–Trinajstić information content (AvgIpc) is 2.53. The first-order valence-electron chi connectivity index (χ1n) is 7.53. The van der Waals surface area contributed by atoms with Crippen molar-refractivity contribution in [2.75, 3.05) is 32.1 Å². The van der Waals surface area contributed by atoms with Crippen molar-refractivity contribution in [2.24, 2.45) is 5.92 Å². The number of hydrogen-bond donors (Lipinski definition) is 3. The zero-order valence-corrected chi connectivity index (χ0v) is 13.0. The van der Waals surface area contributed by atoms with Gasteiger partial charge in [0.25, 0.3) is 0 Å². The van der Waals surface area contributed by atoms with Crippen LogP contribution in [0, 0.1) is 5.92 Å². The van der Waals surface area contributed by atoms with E-state index in [1.165, 1.54) is 0 Å². The number of hydrogen-bond acceptors (Lipinski definition) is 4. The van der Waals surface area contributed by atoms with Crippen LogP contribution < -0.4 is 15.5 Å². The molecule has 5 heteroatoms. The first kappa shape index (κ1) is 15.6. The number of nitrogens with one attached hydrogen (secondary N) is 2. The maximum Gasteiger partial charge on any atom is 0.224 e. The second kappa shape index (κ2) is 6.80. The van der Waals surface area contributed by atoms with E-state index in [-0.39, 0.29) is 17.9 Å². The summed E-state index contributed by atoms with van der Waals surface area (Å²) in [5.74, 6) is 0.433. The van der Waals surface area contributed by atoms with Gasteiger partial charge in [-0.3, -0.25) is 4.79 Å². The molecule has 1 amide bonds. The molecule has 3 N–H and O–H groups in total. The number of piperidine rings is 1. The number of benzene rings is 1. The van der Waals surface area contributed by atoms with Crippen LogP contribution in [0.4, 0.5) is 5.69 Å². The summed E-state index contributed by atoms with van der Waals surface area (Å²) in [6.07, 6.45) is 1.92. The smallest absolute Gasteiger partial charge is 0.224 e. The highest BCUT2D eigenvalue weighted by Gasteiger charge is 2.25. The van der Waals surface area contributed by atoms with E-state index >= 15 is 0 Å². The standard InChI is InChI=1S/C16H25N3O2/c1-11(17-2)14-7-6-13(9-15(14)20)19-8-4-5-12(10-19)16(21)18-3/h6-7,9,11-12,17,20H,4-5,8,10H2,1-3H3,(H,18,21). The summed E-state index contributed by atoms with van der Waals surface area (Å²) in [6, 6.07) is 5.89. The number of amides is 1. The third kappa shape index (κ3) is 3.47. The molecule has 5 nitrogen and oxygen atoms in total. The quantitative estimate of drug-likeness (QED) is 0.789. The predicted octanol–water partition coefficient (Wildman–Crippen LogP) is 1.63. The molecule has 0 saturated carbocycles. The molecule has 0 aromatic heterocycles. The Balaban J connectivity index is 2.14. The fourth-order valence-electron chi connectivity index (χ4n) is 2.88. The normalized spacial score (nSPS) is 20.1. The van der Waals surface area contributed by atoms with E-state index in [9.17, 15) is 9.90 Å². The number of aromatic hydroxyl groups is 1. The van der Waals surface area contributed by atoms with Crippen molar-refractivity contribution in [1.82, 2.24) is 10.6 Å². The van der Waals surface area contributed by atoms with Gasteiger partial charge in [0, 0.05) is 43.5 Å². The molecule has 1 fully saturated rings. The fourth-order valence-corrected chi connectivity index (χ4v) is 2.88. The van der Waals surface area contributed by atoms with Crippen LogP contribution in [0.25, 0.3) is 0 Å². The summed E-state index contributed by atoms with van der Waals surface area (Å²) in [6.45, 7) is 3.64. The molecular formula is C16H25N3O2. The van der Waals surface area contributed by atoms with E-state index in [1.54, 1.807) is 13.1 Å². The van der Waals surface area contributed by atoms with Crippen LogP contribution in [0.5, 0.6) is 5.75 Å². The van der Waals surface area contributed by atoms with Gasteiger partial charge in [-0.15, -0.1) is 0 Å². The maximum atomic E-state index is 11.8. The van der Waals surface area contributed by atoms with Gasteiger partial charge in [-0.1, -0.05) is 6.07 Å². The number of nitrogens with zero attached hydrogens (tertiary/aromatic N) is 1. The Morgan fingerprint density at radius 2 is 2.19 bits per heavy atom. The topological polar surface area (TPSA) is 64.6 Å². The molecule has 0 bridgehead atoms. The van der Waals surface area contributed by atoms with Crippen molar-refractivity contribution in [3.63, 3.8) is 0 Å². The molecule has 2 unspecified atom stereocenters. The second-order valence-corrected chi connectivity index (χ2v) is 5.65. The minimum atomic E-state index is 0.0294. The Morgan fingerprint density at radius 1 is 1.43 bits per heavy atom. The lowest BCUT2D eigenvalue weighted by atomic mass is 9.96. The van der Waals surface area contributed by atoms with Crippen LogP contribution in [0.2, 0.25) is 0 Å². The minimum Gasteiger partial charge on any atom is -0.508 e.